The van der Waals surface area contributed by atoms with Crippen LogP contribution in [0.25, 0.3) is 5.69 Å². The van der Waals surface area contributed by atoms with Crippen molar-refractivity contribution in [2.45, 2.75) is 13.0 Å². The van der Waals surface area contributed by atoms with Crippen molar-refractivity contribution in [3.8, 4) is 5.69 Å². The van der Waals surface area contributed by atoms with E-state index in [1.807, 2.05) is 12.1 Å². The predicted octanol–water partition coefficient (Wildman–Crippen LogP) is -0.500. The van der Waals surface area contributed by atoms with Gasteiger partial charge in [-0.05, 0) is 30.2 Å². The molecule has 1 aromatic heterocycles. The maximum Gasteiger partial charge on any atom is 0.348 e. The number of rotatable bonds is 1. The van der Waals surface area contributed by atoms with E-state index in [2.05, 4.69) is 15.5 Å². The molecule has 0 fully saturated rings. The monoisotopic (exact) mass is 232 g/mol. The van der Waals surface area contributed by atoms with E-state index < -0.39 is 11.4 Å². The molecule has 1 aliphatic rings. The molecule has 2 heterocycles. The van der Waals surface area contributed by atoms with Crippen LogP contribution < -0.4 is 16.7 Å². The van der Waals surface area contributed by atoms with Crippen LogP contribution in [0.2, 0.25) is 0 Å². The van der Waals surface area contributed by atoms with E-state index in [1.54, 1.807) is 6.07 Å². The molecule has 0 amide bonds. The van der Waals surface area contributed by atoms with Gasteiger partial charge in [-0.15, -0.1) is 0 Å². The first-order valence-electron chi connectivity index (χ1n) is 5.49. The van der Waals surface area contributed by atoms with Crippen LogP contribution in [0.1, 0.15) is 11.1 Å². The molecule has 0 spiro atoms. The van der Waals surface area contributed by atoms with Crippen LogP contribution >= 0.6 is 0 Å². The first-order valence-corrected chi connectivity index (χ1v) is 5.49. The fourth-order valence-corrected chi connectivity index (χ4v) is 2.25. The van der Waals surface area contributed by atoms with Crippen molar-refractivity contribution < 1.29 is 0 Å². The smallest absolute Gasteiger partial charge is 0.312 e. The summed E-state index contributed by atoms with van der Waals surface area (Å²) in [7, 11) is 0. The SMILES string of the molecule is O=c1[nH][nH]c(=O)n1-c1cccc2c1CCNC2. The Morgan fingerprint density at radius 2 is 1.88 bits per heavy atom. The van der Waals surface area contributed by atoms with Crippen molar-refractivity contribution >= 4 is 0 Å². The second kappa shape index (κ2) is 3.74. The number of nitrogens with one attached hydrogen (secondary N) is 3. The predicted molar refractivity (Wildman–Crippen MR) is 62.4 cm³/mol. The van der Waals surface area contributed by atoms with Gasteiger partial charge in [0.2, 0.25) is 0 Å². The number of hydrogen-bond acceptors (Lipinski definition) is 3. The lowest BCUT2D eigenvalue weighted by Crippen LogP contribution is -2.30. The van der Waals surface area contributed by atoms with Crippen molar-refractivity contribution in [1.29, 1.82) is 0 Å². The zero-order valence-electron chi connectivity index (χ0n) is 9.12. The number of hydrogen-bond donors (Lipinski definition) is 3. The molecule has 0 saturated heterocycles. The van der Waals surface area contributed by atoms with Gasteiger partial charge in [0.15, 0.2) is 0 Å². The molecule has 0 saturated carbocycles. The fourth-order valence-electron chi connectivity index (χ4n) is 2.25. The van der Waals surface area contributed by atoms with Gasteiger partial charge < -0.3 is 5.32 Å². The molecule has 0 unspecified atom stereocenters. The normalized spacial score (nSPS) is 14.6. The quantitative estimate of drug-likeness (QED) is 0.620. The molecule has 6 heteroatoms. The average molecular weight is 232 g/mol. The molecule has 17 heavy (non-hydrogen) atoms. The number of aromatic nitrogens is 3. The zero-order chi connectivity index (χ0) is 11.8. The molecule has 1 aliphatic heterocycles. The van der Waals surface area contributed by atoms with Crippen molar-refractivity contribution in [2.75, 3.05) is 6.54 Å². The van der Waals surface area contributed by atoms with Crippen molar-refractivity contribution in [2.24, 2.45) is 0 Å². The summed E-state index contributed by atoms with van der Waals surface area (Å²) in [6, 6.07) is 5.67. The molecule has 0 radical (unpaired) electrons. The van der Waals surface area contributed by atoms with E-state index in [0.717, 1.165) is 35.2 Å². The zero-order valence-corrected chi connectivity index (χ0v) is 9.12. The van der Waals surface area contributed by atoms with Gasteiger partial charge in [-0.25, -0.2) is 24.4 Å². The molecule has 3 rings (SSSR count). The van der Waals surface area contributed by atoms with Crippen LogP contribution in [-0.2, 0) is 13.0 Å². The Morgan fingerprint density at radius 3 is 2.65 bits per heavy atom. The van der Waals surface area contributed by atoms with Crippen molar-refractivity contribution in [3.05, 3.63) is 50.3 Å². The van der Waals surface area contributed by atoms with Gasteiger partial charge in [-0.2, -0.15) is 0 Å². The van der Waals surface area contributed by atoms with Crippen LogP contribution in [0.5, 0.6) is 0 Å². The van der Waals surface area contributed by atoms with Crippen LogP contribution in [0.15, 0.2) is 27.8 Å². The van der Waals surface area contributed by atoms with Crippen LogP contribution in [0, 0.1) is 0 Å². The molecule has 3 N–H and O–H groups in total. The summed E-state index contributed by atoms with van der Waals surface area (Å²) in [6.45, 7) is 1.64. The number of benzene rings is 1. The van der Waals surface area contributed by atoms with Gasteiger partial charge >= 0.3 is 11.4 Å². The summed E-state index contributed by atoms with van der Waals surface area (Å²) in [5.41, 5.74) is 2.03. The molecular formula is C11H12N4O2. The van der Waals surface area contributed by atoms with Crippen LogP contribution in [-0.4, -0.2) is 21.3 Å². The largest absolute Gasteiger partial charge is 0.348 e. The van der Waals surface area contributed by atoms with Crippen LogP contribution in [0.3, 0.4) is 0 Å². The third-order valence-corrected chi connectivity index (χ3v) is 3.04. The standard InChI is InChI=1S/C11H12N4O2/c16-10-13-14-11(17)15(10)9-3-1-2-7-6-12-5-4-8(7)9/h1-3,12H,4-6H2,(H,13,16)(H,14,17). The first-order chi connectivity index (χ1) is 8.27. The van der Waals surface area contributed by atoms with Gasteiger partial charge in [0.25, 0.3) is 0 Å². The summed E-state index contributed by atoms with van der Waals surface area (Å²) in [5, 5.41) is 7.85. The molecule has 88 valence electrons. The Kier molecular flexibility index (Phi) is 2.22. The van der Waals surface area contributed by atoms with Crippen molar-refractivity contribution in [1.82, 2.24) is 20.1 Å². The summed E-state index contributed by atoms with van der Waals surface area (Å²) in [6.07, 6.45) is 0.822. The lowest BCUT2D eigenvalue weighted by atomic mass is 9.99. The molecule has 6 nitrogen and oxygen atoms in total. The van der Waals surface area contributed by atoms with Gasteiger partial charge in [-0.3, -0.25) is 0 Å². The van der Waals surface area contributed by atoms with Crippen LogP contribution in [0.4, 0.5) is 0 Å². The van der Waals surface area contributed by atoms with E-state index in [0.29, 0.717) is 5.69 Å². The van der Waals surface area contributed by atoms with Gasteiger partial charge in [-0.1, -0.05) is 12.1 Å². The van der Waals surface area contributed by atoms with Crippen molar-refractivity contribution in [3.63, 3.8) is 0 Å². The van der Waals surface area contributed by atoms with E-state index >= 15 is 0 Å². The van der Waals surface area contributed by atoms with E-state index in [9.17, 15) is 9.59 Å². The van der Waals surface area contributed by atoms with E-state index in [4.69, 9.17) is 0 Å². The third-order valence-electron chi connectivity index (χ3n) is 3.04. The number of nitrogens with zero attached hydrogens (tertiary/aromatic N) is 1. The summed E-state index contributed by atoms with van der Waals surface area (Å²) in [4.78, 5) is 23.2. The Bertz CT molecular complexity index is 637. The highest BCUT2D eigenvalue weighted by atomic mass is 16.2. The Morgan fingerprint density at radius 1 is 1.12 bits per heavy atom. The highest BCUT2D eigenvalue weighted by molar-refractivity contribution is 5.47. The highest BCUT2D eigenvalue weighted by Crippen LogP contribution is 2.19. The Hall–Kier alpha value is -2.08. The van der Waals surface area contributed by atoms with Gasteiger partial charge in [0.1, 0.15) is 0 Å². The van der Waals surface area contributed by atoms with E-state index in [1.165, 1.54) is 0 Å². The number of H-pyrrole nitrogens is 2. The average Bonchev–Trinajstić information content (AvgIpc) is 2.69. The summed E-state index contributed by atoms with van der Waals surface area (Å²) in [5.74, 6) is 0. The molecule has 0 bridgehead atoms. The molecule has 1 aromatic carbocycles. The lowest BCUT2D eigenvalue weighted by Gasteiger charge is -2.19. The number of aromatic amines is 2. The Labute approximate surface area is 96.3 Å². The molecule has 0 atom stereocenters. The van der Waals surface area contributed by atoms with Gasteiger partial charge in [0.05, 0.1) is 5.69 Å². The summed E-state index contributed by atoms with van der Waals surface area (Å²) < 4.78 is 1.14. The number of fused-ring (bicyclic) bond motifs is 1. The fraction of sp³-hybridized carbons (Fsp3) is 0.273. The topological polar surface area (TPSA) is 82.7 Å². The second-order valence-electron chi connectivity index (χ2n) is 4.04. The Balaban J connectivity index is 2.29. The third kappa shape index (κ3) is 1.53. The second-order valence-corrected chi connectivity index (χ2v) is 4.04. The highest BCUT2D eigenvalue weighted by Gasteiger charge is 2.16. The molecule has 2 aromatic rings. The van der Waals surface area contributed by atoms with Gasteiger partial charge in [0, 0.05) is 6.54 Å². The lowest BCUT2D eigenvalue weighted by molar-refractivity contribution is 0.639. The summed E-state index contributed by atoms with van der Waals surface area (Å²) >= 11 is 0. The van der Waals surface area contributed by atoms with E-state index in [-0.39, 0.29) is 0 Å². The minimum absolute atomic E-state index is 0.429. The minimum atomic E-state index is -0.429. The maximum atomic E-state index is 11.6. The maximum absolute atomic E-state index is 11.6. The molecular weight excluding hydrogens is 220 g/mol. The first kappa shape index (κ1) is 10.1. The molecule has 0 aliphatic carbocycles. The minimum Gasteiger partial charge on any atom is -0.312 e.